The van der Waals surface area contributed by atoms with E-state index in [9.17, 15) is 18.7 Å². The minimum Gasteiger partial charge on any atom is -0.480 e. The monoisotopic (exact) mass is 594 g/mol. The summed E-state index contributed by atoms with van der Waals surface area (Å²) in [5, 5.41) is 10.4. The summed E-state index contributed by atoms with van der Waals surface area (Å²) in [5.74, 6) is -1.44. The zero-order valence-electron chi connectivity index (χ0n) is 21.2. The molecule has 3 atom stereocenters. The number of rotatable bonds is 7. The number of carboxylic acids is 1. The Bertz CT molecular complexity index is 1400. The lowest BCUT2D eigenvalue weighted by molar-refractivity contribution is -0.228. The van der Waals surface area contributed by atoms with E-state index in [4.69, 9.17) is 25.8 Å². The lowest BCUT2D eigenvalue weighted by Crippen LogP contribution is -2.68. The summed E-state index contributed by atoms with van der Waals surface area (Å²) >= 11 is 7.55. The highest BCUT2D eigenvalue weighted by Gasteiger charge is 2.50. The number of thiazole rings is 1. The molecule has 212 valence electrons. The van der Waals surface area contributed by atoms with E-state index in [0.29, 0.717) is 47.8 Å². The Labute approximate surface area is 236 Å². The van der Waals surface area contributed by atoms with Gasteiger partial charge in [-0.05, 0) is 13.0 Å². The number of ether oxygens (including phenoxy) is 3. The number of halogens is 3. The molecule has 0 aromatic carbocycles. The van der Waals surface area contributed by atoms with Gasteiger partial charge < -0.3 is 29.1 Å². The molecule has 3 aliphatic heterocycles. The van der Waals surface area contributed by atoms with Crippen molar-refractivity contribution in [2.24, 2.45) is 0 Å². The number of aliphatic carboxylic acids is 1. The number of carbonyl (C=O) groups is 1. The molecule has 0 unspecified atom stereocenters. The molecule has 0 amide bonds. The second-order valence-corrected chi connectivity index (χ2v) is 11.2. The third kappa shape index (κ3) is 4.93. The van der Waals surface area contributed by atoms with Gasteiger partial charge in [-0.2, -0.15) is 0 Å². The first-order valence-electron chi connectivity index (χ1n) is 12.6. The molecule has 0 radical (unpaired) electrons. The van der Waals surface area contributed by atoms with Gasteiger partial charge in [0.1, 0.15) is 29.3 Å². The van der Waals surface area contributed by atoms with Crippen molar-refractivity contribution in [3.63, 3.8) is 0 Å². The highest BCUT2D eigenvalue weighted by atomic mass is 35.5. The molecule has 11 nitrogen and oxygen atoms in total. The van der Waals surface area contributed by atoms with E-state index in [-0.39, 0.29) is 30.5 Å². The molecule has 6 heterocycles. The first-order valence-corrected chi connectivity index (χ1v) is 13.9. The normalized spacial score (nSPS) is 24.0. The summed E-state index contributed by atoms with van der Waals surface area (Å²) in [6.45, 7) is 4.15. The molecule has 3 saturated heterocycles. The van der Waals surface area contributed by atoms with Crippen molar-refractivity contribution in [1.29, 1.82) is 0 Å². The predicted molar refractivity (Wildman–Crippen MR) is 141 cm³/mol. The topological polar surface area (TPSA) is 123 Å². The smallest absolute Gasteiger partial charge is 0.326 e. The fourth-order valence-electron chi connectivity index (χ4n) is 5.31. The Morgan fingerprint density at radius 2 is 2.10 bits per heavy atom. The molecule has 40 heavy (non-hydrogen) atoms. The lowest BCUT2D eigenvalue weighted by atomic mass is 9.90. The number of hydrogen-bond donors (Lipinski definition) is 1. The molecule has 0 saturated carbocycles. The summed E-state index contributed by atoms with van der Waals surface area (Å²) in [7, 11) is 0. The van der Waals surface area contributed by atoms with Gasteiger partial charge in [-0.25, -0.2) is 28.5 Å². The average molecular weight is 595 g/mol. The molecule has 1 N–H and O–H groups in total. The van der Waals surface area contributed by atoms with Gasteiger partial charge >= 0.3 is 5.97 Å². The zero-order valence-corrected chi connectivity index (χ0v) is 22.8. The summed E-state index contributed by atoms with van der Waals surface area (Å²) in [4.78, 5) is 32.8. The molecule has 3 fully saturated rings. The quantitative estimate of drug-likeness (QED) is 0.431. The highest BCUT2D eigenvalue weighted by molar-refractivity contribution is 7.13. The maximum absolute atomic E-state index is 13.7. The van der Waals surface area contributed by atoms with Crippen LogP contribution in [0.25, 0.3) is 10.6 Å². The maximum Gasteiger partial charge on any atom is 0.326 e. The fraction of sp³-hybridized carbons (Fsp3) is 0.480. The number of carboxylic acid groups (broad SMARTS) is 1. The van der Waals surface area contributed by atoms with E-state index >= 15 is 0 Å². The van der Waals surface area contributed by atoms with Crippen molar-refractivity contribution in [3.8, 4) is 16.5 Å². The van der Waals surface area contributed by atoms with Crippen molar-refractivity contribution >= 4 is 40.4 Å². The SMILES string of the molecule is C[C@@H]1N(c2cc(Cl)cnc2O[C@H]2C[C@@H](C(=O)O)N(c3cc(-c4cncs4)nc(C(F)F)n3)C2)CCOC12COC2. The molecule has 0 aliphatic carbocycles. The minimum absolute atomic E-state index is 0.0524. The maximum atomic E-state index is 13.7. The van der Waals surface area contributed by atoms with Crippen LogP contribution in [0, 0.1) is 0 Å². The second-order valence-electron chi connectivity index (χ2n) is 9.87. The second kappa shape index (κ2) is 10.7. The van der Waals surface area contributed by atoms with E-state index in [2.05, 4.69) is 24.8 Å². The lowest BCUT2D eigenvalue weighted by Gasteiger charge is -2.53. The molecular formula is C25H25ClF2N6O5S. The zero-order chi connectivity index (χ0) is 28.0. The largest absolute Gasteiger partial charge is 0.480 e. The van der Waals surface area contributed by atoms with Gasteiger partial charge in [0, 0.05) is 31.4 Å². The third-order valence-corrected chi connectivity index (χ3v) is 8.48. The van der Waals surface area contributed by atoms with Gasteiger partial charge in [-0.1, -0.05) is 11.6 Å². The molecule has 0 bridgehead atoms. The Morgan fingerprint density at radius 1 is 1.27 bits per heavy atom. The standard InChI is InChI=1S/C25H25ClF2N6O5S/c1-13-25(10-37-11-25)38-3-2-33(13)17-4-14(26)7-30-23(17)39-15-5-18(24(35)36)34(9-15)20-6-16(19-8-29-12-40-19)31-22(32-20)21(27)28/h4,6-8,12-13,15,18,21H,2-3,5,9-11H2,1H3,(H,35,36)/t13-,15-,18-/m0/s1. The van der Waals surface area contributed by atoms with Crippen LogP contribution < -0.4 is 14.5 Å². The van der Waals surface area contributed by atoms with E-state index in [0.717, 1.165) is 0 Å². The molecule has 6 rings (SSSR count). The van der Waals surface area contributed by atoms with Crippen LogP contribution in [0.3, 0.4) is 0 Å². The van der Waals surface area contributed by atoms with Crippen LogP contribution in [0.2, 0.25) is 5.02 Å². The first kappa shape index (κ1) is 27.0. The van der Waals surface area contributed by atoms with Crippen LogP contribution in [-0.4, -0.2) is 87.7 Å². The van der Waals surface area contributed by atoms with Gasteiger partial charge in [-0.3, -0.25) is 4.98 Å². The molecule has 3 aliphatic rings. The van der Waals surface area contributed by atoms with Crippen LogP contribution in [0.15, 0.2) is 30.0 Å². The average Bonchev–Trinajstić information content (AvgIpc) is 3.60. The van der Waals surface area contributed by atoms with Gasteiger partial charge in [0.25, 0.3) is 6.43 Å². The van der Waals surface area contributed by atoms with Gasteiger partial charge in [-0.15, -0.1) is 11.3 Å². The summed E-state index contributed by atoms with van der Waals surface area (Å²) in [5.41, 5.74) is 2.04. The van der Waals surface area contributed by atoms with E-state index in [1.165, 1.54) is 34.7 Å². The van der Waals surface area contributed by atoms with Crippen molar-refractivity contribution in [3.05, 3.63) is 40.9 Å². The number of nitrogens with zero attached hydrogens (tertiary/aromatic N) is 6. The van der Waals surface area contributed by atoms with Gasteiger partial charge in [0.15, 0.2) is 5.82 Å². The fourth-order valence-corrected chi connectivity index (χ4v) is 6.04. The summed E-state index contributed by atoms with van der Waals surface area (Å²) in [6, 6.07) is 2.15. The van der Waals surface area contributed by atoms with Crippen LogP contribution in [-0.2, 0) is 14.3 Å². The Kier molecular flexibility index (Phi) is 7.19. The third-order valence-electron chi connectivity index (χ3n) is 7.48. The van der Waals surface area contributed by atoms with E-state index in [1.807, 2.05) is 6.92 Å². The number of morpholine rings is 1. The van der Waals surface area contributed by atoms with Crippen LogP contribution >= 0.6 is 22.9 Å². The molecule has 15 heteroatoms. The molecular weight excluding hydrogens is 570 g/mol. The first-order chi connectivity index (χ1) is 19.2. The van der Waals surface area contributed by atoms with Crippen LogP contribution in [0.4, 0.5) is 20.3 Å². The van der Waals surface area contributed by atoms with Crippen molar-refractivity contribution in [2.75, 3.05) is 42.7 Å². The van der Waals surface area contributed by atoms with Crippen molar-refractivity contribution in [2.45, 2.75) is 43.6 Å². The Morgan fingerprint density at radius 3 is 2.77 bits per heavy atom. The minimum atomic E-state index is -2.94. The number of hydrogen-bond acceptors (Lipinski definition) is 11. The van der Waals surface area contributed by atoms with Gasteiger partial charge in [0.2, 0.25) is 5.88 Å². The van der Waals surface area contributed by atoms with Gasteiger partial charge in [0.05, 0.1) is 53.5 Å². The molecule has 1 spiro atoms. The van der Waals surface area contributed by atoms with Crippen molar-refractivity contribution < 1.29 is 32.9 Å². The number of anilines is 2. The van der Waals surface area contributed by atoms with Crippen LogP contribution in [0.1, 0.15) is 25.6 Å². The number of aromatic nitrogens is 4. The van der Waals surface area contributed by atoms with E-state index in [1.54, 1.807) is 11.6 Å². The predicted octanol–water partition coefficient (Wildman–Crippen LogP) is 3.69. The number of alkyl halides is 2. The molecule has 3 aromatic rings. The number of pyridine rings is 1. The summed E-state index contributed by atoms with van der Waals surface area (Å²) < 4.78 is 45.2. The Balaban J connectivity index is 1.29. The van der Waals surface area contributed by atoms with E-state index < -0.39 is 36.0 Å². The molecule has 3 aromatic heterocycles. The highest BCUT2D eigenvalue weighted by Crippen LogP contribution is 2.40. The summed E-state index contributed by atoms with van der Waals surface area (Å²) in [6.07, 6.45) is -0.501. The van der Waals surface area contributed by atoms with Crippen molar-refractivity contribution in [1.82, 2.24) is 19.9 Å². The Hall–Kier alpha value is -3.20. The van der Waals surface area contributed by atoms with Crippen LogP contribution in [0.5, 0.6) is 5.88 Å².